The van der Waals surface area contributed by atoms with E-state index in [1.54, 1.807) is 25.2 Å². The monoisotopic (exact) mass is 632 g/mol. The van der Waals surface area contributed by atoms with Crippen LogP contribution in [0.4, 0.5) is 10.1 Å². The van der Waals surface area contributed by atoms with Crippen molar-refractivity contribution in [3.05, 3.63) is 83.2 Å². The smallest absolute Gasteiger partial charge is 0.455 e. The Morgan fingerprint density at radius 1 is 1.02 bits per heavy atom. The molecule has 0 spiro atoms. The summed E-state index contributed by atoms with van der Waals surface area (Å²) in [5.41, 5.74) is 3.53. The Kier molecular flexibility index (Phi) is 7.86. The second-order valence-electron chi connectivity index (χ2n) is 13.0. The SMILES string of the molecule is CNC(=O)c1c(-c2ccc(F)cc2)oc2cc(N(CCc3cccc(B4OC(C)(C)C(C)(C)O4)c3)S(C)(=O)=O)c(C3CC3)cc12. The highest BCUT2D eigenvalue weighted by Gasteiger charge is 2.51. The van der Waals surface area contributed by atoms with E-state index in [0.29, 0.717) is 40.0 Å². The van der Waals surface area contributed by atoms with Crippen LogP contribution >= 0.6 is 0 Å². The van der Waals surface area contributed by atoms with E-state index in [2.05, 4.69) is 5.32 Å². The van der Waals surface area contributed by atoms with Gasteiger partial charge in [0.25, 0.3) is 5.91 Å². The van der Waals surface area contributed by atoms with Crippen molar-refractivity contribution in [1.29, 1.82) is 0 Å². The zero-order valence-electron chi connectivity index (χ0n) is 26.4. The summed E-state index contributed by atoms with van der Waals surface area (Å²) >= 11 is 0. The molecule has 0 atom stereocenters. The Hall–Kier alpha value is -3.67. The fourth-order valence-corrected chi connectivity index (χ4v) is 6.75. The van der Waals surface area contributed by atoms with Crippen molar-refractivity contribution in [3.8, 4) is 11.3 Å². The summed E-state index contributed by atoms with van der Waals surface area (Å²) in [6.07, 6.45) is 3.50. The van der Waals surface area contributed by atoms with Gasteiger partial charge in [-0.25, -0.2) is 12.8 Å². The van der Waals surface area contributed by atoms with Gasteiger partial charge in [0.1, 0.15) is 17.2 Å². The van der Waals surface area contributed by atoms with Gasteiger partial charge in [-0.05, 0) is 99.8 Å². The van der Waals surface area contributed by atoms with Crippen LogP contribution in [0.5, 0.6) is 0 Å². The maximum atomic E-state index is 13.7. The quantitative estimate of drug-likeness (QED) is 0.235. The first-order valence-corrected chi connectivity index (χ1v) is 17.0. The van der Waals surface area contributed by atoms with E-state index in [9.17, 15) is 17.6 Å². The molecule has 11 heteroatoms. The molecule has 1 saturated heterocycles. The van der Waals surface area contributed by atoms with Crippen LogP contribution < -0.4 is 15.1 Å². The Bertz CT molecular complexity index is 1870. The number of sulfonamides is 1. The van der Waals surface area contributed by atoms with Crippen LogP contribution in [0.25, 0.3) is 22.3 Å². The average molecular weight is 633 g/mol. The molecule has 1 aromatic heterocycles. The number of furan rings is 1. The molecule has 3 aromatic carbocycles. The van der Waals surface area contributed by atoms with Gasteiger partial charge < -0.3 is 19.0 Å². The Labute approximate surface area is 264 Å². The van der Waals surface area contributed by atoms with E-state index in [0.717, 1.165) is 29.4 Å². The maximum absolute atomic E-state index is 13.7. The Balaban J connectivity index is 1.37. The molecular weight excluding hydrogens is 594 g/mol. The van der Waals surface area contributed by atoms with Crippen LogP contribution in [0.2, 0.25) is 0 Å². The first kappa shape index (κ1) is 31.3. The van der Waals surface area contributed by atoms with Crippen molar-refractivity contribution in [1.82, 2.24) is 5.32 Å². The normalized spacial score (nSPS) is 17.5. The average Bonchev–Trinajstić information content (AvgIpc) is 3.71. The van der Waals surface area contributed by atoms with Crippen LogP contribution in [-0.4, -0.2) is 52.5 Å². The van der Waals surface area contributed by atoms with Gasteiger partial charge in [-0.1, -0.05) is 24.3 Å². The summed E-state index contributed by atoms with van der Waals surface area (Å²) in [4.78, 5) is 13.1. The van der Waals surface area contributed by atoms with Crippen molar-refractivity contribution >= 4 is 45.2 Å². The molecule has 6 rings (SSSR count). The lowest BCUT2D eigenvalue weighted by Crippen LogP contribution is -2.41. The molecule has 2 fully saturated rings. The summed E-state index contributed by atoms with van der Waals surface area (Å²) < 4.78 is 60.5. The maximum Gasteiger partial charge on any atom is 0.494 e. The lowest BCUT2D eigenvalue weighted by atomic mass is 9.78. The van der Waals surface area contributed by atoms with Crippen molar-refractivity contribution in [2.45, 2.75) is 64.1 Å². The van der Waals surface area contributed by atoms with E-state index in [1.807, 2.05) is 58.0 Å². The standard InChI is InChI=1S/C34H38BFN2O6S/c1-33(2)34(3,4)44-35(43-33)24-9-7-8-21(18-24)16-17-38(45(6,40)41)28-20-29-27(19-26(28)22-10-11-22)30(32(39)37-5)31(42-29)23-12-14-25(36)15-13-23/h7-9,12-15,18-20,22H,10-11,16-17H2,1-6H3,(H,37,39). The summed E-state index contributed by atoms with van der Waals surface area (Å²) in [5, 5.41) is 3.27. The number of hydrogen-bond donors (Lipinski definition) is 1. The van der Waals surface area contributed by atoms with Gasteiger partial charge in [-0.3, -0.25) is 9.10 Å². The van der Waals surface area contributed by atoms with E-state index in [-0.39, 0.29) is 18.4 Å². The van der Waals surface area contributed by atoms with Gasteiger partial charge in [-0.15, -0.1) is 0 Å². The van der Waals surface area contributed by atoms with Crippen LogP contribution in [0, 0.1) is 5.82 Å². The predicted molar refractivity (Wildman–Crippen MR) is 175 cm³/mol. The molecule has 1 aliphatic heterocycles. The molecule has 0 radical (unpaired) electrons. The number of nitrogens with zero attached hydrogens (tertiary/aromatic N) is 1. The predicted octanol–water partition coefficient (Wildman–Crippen LogP) is 5.78. The molecule has 236 valence electrons. The molecule has 1 N–H and O–H groups in total. The number of nitrogens with one attached hydrogen (secondary N) is 1. The third kappa shape index (κ3) is 6.01. The molecule has 0 unspecified atom stereocenters. The number of fused-ring (bicyclic) bond motifs is 1. The number of amides is 1. The topological polar surface area (TPSA) is 98.1 Å². The molecule has 45 heavy (non-hydrogen) atoms. The second-order valence-corrected chi connectivity index (χ2v) is 14.9. The lowest BCUT2D eigenvalue weighted by molar-refractivity contribution is 0.00578. The number of carbonyl (C=O) groups is 1. The molecule has 0 bridgehead atoms. The van der Waals surface area contributed by atoms with Crippen molar-refractivity contribution < 1.29 is 31.3 Å². The zero-order valence-corrected chi connectivity index (χ0v) is 27.3. The molecule has 2 aliphatic rings. The highest BCUT2D eigenvalue weighted by Crippen LogP contribution is 2.48. The third-order valence-corrected chi connectivity index (χ3v) is 10.3. The number of hydrogen-bond acceptors (Lipinski definition) is 6. The number of carbonyl (C=O) groups excluding carboxylic acids is 1. The summed E-state index contributed by atoms with van der Waals surface area (Å²) in [6.45, 7) is 8.23. The third-order valence-electron chi connectivity index (χ3n) is 9.16. The first-order chi connectivity index (χ1) is 21.2. The summed E-state index contributed by atoms with van der Waals surface area (Å²) in [5.74, 6) is -0.278. The zero-order chi connectivity index (χ0) is 32.3. The number of halogens is 1. The van der Waals surface area contributed by atoms with Crippen molar-refractivity contribution in [2.24, 2.45) is 0 Å². The minimum atomic E-state index is -3.70. The van der Waals surface area contributed by atoms with Gasteiger partial charge >= 0.3 is 7.12 Å². The molecular formula is C34H38BFN2O6S. The van der Waals surface area contributed by atoms with Crippen LogP contribution in [0.1, 0.15) is 67.9 Å². The van der Waals surface area contributed by atoms with Crippen LogP contribution in [0.3, 0.4) is 0 Å². The summed E-state index contributed by atoms with van der Waals surface area (Å²) in [7, 11) is -2.68. The highest BCUT2D eigenvalue weighted by molar-refractivity contribution is 7.92. The molecule has 1 amide bonds. The fraction of sp³-hybridized carbons (Fsp3) is 0.382. The van der Waals surface area contributed by atoms with E-state index in [1.165, 1.54) is 22.7 Å². The summed E-state index contributed by atoms with van der Waals surface area (Å²) in [6, 6.07) is 17.2. The first-order valence-electron chi connectivity index (χ1n) is 15.2. The van der Waals surface area contributed by atoms with Crippen LogP contribution in [-0.2, 0) is 25.8 Å². The number of anilines is 1. The highest BCUT2D eigenvalue weighted by atomic mass is 32.2. The lowest BCUT2D eigenvalue weighted by Gasteiger charge is -2.32. The minimum Gasteiger partial charge on any atom is -0.455 e. The van der Waals surface area contributed by atoms with Gasteiger partial charge in [0.2, 0.25) is 10.0 Å². The van der Waals surface area contributed by atoms with E-state index < -0.39 is 34.2 Å². The molecule has 4 aromatic rings. The Morgan fingerprint density at radius 2 is 1.69 bits per heavy atom. The molecule has 1 saturated carbocycles. The second kappa shape index (κ2) is 11.3. The van der Waals surface area contributed by atoms with Crippen molar-refractivity contribution in [2.75, 3.05) is 24.2 Å². The minimum absolute atomic E-state index is 0.169. The van der Waals surface area contributed by atoms with Gasteiger partial charge in [-0.2, -0.15) is 0 Å². The van der Waals surface area contributed by atoms with Crippen LogP contribution in [0.15, 0.2) is 65.1 Å². The van der Waals surface area contributed by atoms with Gasteiger partial charge in [0.05, 0.1) is 28.7 Å². The van der Waals surface area contributed by atoms with E-state index >= 15 is 0 Å². The molecule has 8 nitrogen and oxygen atoms in total. The van der Waals surface area contributed by atoms with Crippen molar-refractivity contribution in [3.63, 3.8) is 0 Å². The van der Waals surface area contributed by atoms with E-state index in [4.69, 9.17) is 13.7 Å². The Morgan fingerprint density at radius 3 is 2.29 bits per heavy atom. The van der Waals surface area contributed by atoms with Gasteiger partial charge in [0, 0.05) is 30.6 Å². The molecule has 2 heterocycles. The van der Waals surface area contributed by atoms with Gasteiger partial charge in [0.15, 0.2) is 0 Å². The number of rotatable bonds is 9. The molecule has 1 aliphatic carbocycles. The largest absolute Gasteiger partial charge is 0.494 e. The fourth-order valence-electron chi connectivity index (χ4n) is 5.81. The number of benzene rings is 3.